The van der Waals surface area contributed by atoms with Gasteiger partial charge in [0.1, 0.15) is 29.1 Å². The number of halogens is 1. The maximum absolute atomic E-state index is 12.1. The first kappa shape index (κ1) is 21.6. The van der Waals surface area contributed by atoms with Gasteiger partial charge in [0.05, 0.1) is 18.2 Å². The molecule has 1 aromatic heterocycles. The molecule has 1 heterocycles. The molecule has 0 saturated heterocycles. The minimum atomic E-state index is -0.754. The smallest absolute Gasteiger partial charge is 0.344 e. The van der Waals surface area contributed by atoms with E-state index in [0.29, 0.717) is 0 Å². The van der Waals surface area contributed by atoms with Crippen LogP contribution >= 0.6 is 11.6 Å². The molecule has 0 unspecified atom stereocenters. The minimum Gasteiger partial charge on any atom is -0.490 e. The number of rotatable bonds is 7. The van der Waals surface area contributed by atoms with Gasteiger partial charge in [-0.3, -0.25) is 4.79 Å². The van der Waals surface area contributed by atoms with Crippen LogP contribution < -0.4 is 20.8 Å². The van der Waals surface area contributed by atoms with Gasteiger partial charge in [0, 0.05) is 17.2 Å². The average Bonchev–Trinajstić information content (AvgIpc) is 2.68. The number of aromatic nitrogens is 1. The zero-order valence-electron chi connectivity index (χ0n) is 15.7. The van der Waals surface area contributed by atoms with Crippen molar-refractivity contribution in [3.05, 3.63) is 38.6 Å². The van der Waals surface area contributed by atoms with E-state index < -0.39 is 11.5 Å². The van der Waals surface area contributed by atoms with E-state index in [2.05, 4.69) is 4.98 Å². The molecule has 0 saturated carbocycles. The molecule has 0 aliphatic carbocycles. The van der Waals surface area contributed by atoms with Crippen molar-refractivity contribution >= 4 is 23.4 Å². The van der Waals surface area contributed by atoms with Crippen LogP contribution in [0.2, 0.25) is 5.02 Å². The molecular weight excluding hydrogens is 400 g/mol. The summed E-state index contributed by atoms with van der Waals surface area (Å²) in [6.07, 6.45) is 0. The predicted molar refractivity (Wildman–Crippen MR) is 105 cm³/mol. The lowest BCUT2D eigenvalue weighted by atomic mass is 9.96. The van der Waals surface area contributed by atoms with Crippen molar-refractivity contribution in [2.45, 2.75) is 13.8 Å². The average molecular weight is 417 g/mol. The summed E-state index contributed by atoms with van der Waals surface area (Å²) in [4.78, 5) is 26.0. The van der Waals surface area contributed by atoms with Gasteiger partial charge in [-0.25, -0.2) is 4.79 Å². The third-order valence-electron chi connectivity index (χ3n) is 3.72. The van der Waals surface area contributed by atoms with Gasteiger partial charge in [-0.05, 0) is 19.9 Å². The van der Waals surface area contributed by atoms with Crippen LogP contribution in [-0.4, -0.2) is 30.8 Å². The number of carbonyl (C=O) groups is 1. The van der Waals surface area contributed by atoms with E-state index in [-0.39, 0.29) is 64.4 Å². The first-order valence-corrected chi connectivity index (χ1v) is 8.86. The molecule has 150 valence electrons. The highest BCUT2D eigenvalue weighted by Crippen LogP contribution is 2.41. The molecule has 9 nitrogen and oxygen atoms in total. The summed E-state index contributed by atoms with van der Waals surface area (Å²) in [6, 6.07) is 6.42. The Morgan fingerprint density at radius 3 is 2.38 bits per heavy atom. The SMILES string of the molecule is CCOC(=O)COc1cc(Cl)c(-c2c(C#N)c(N)[nH]c(=O)c2C#N)cc1OCC. The molecule has 0 amide bonds. The third kappa shape index (κ3) is 4.60. The Bertz CT molecular complexity index is 1080. The predicted octanol–water partition coefficient (Wildman–Crippen LogP) is 2.36. The number of aromatic amines is 1. The molecule has 0 bridgehead atoms. The number of nitrogens with two attached hydrogens (primary N) is 1. The van der Waals surface area contributed by atoms with Crippen LogP contribution in [-0.2, 0) is 9.53 Å². The van der Waals surface area contributed by atoms with Gasteiger partial charge >= 0.3 is 5.97 Å². The number of anilines is 1. The fourth-order valence-electron chi connectivity index (χ4n) is 2.56. The van der Waals surface area contributed by atoms with E-state index in [1.165, 1.54) is 12.1 Å². The van der Waals surface area contributed by atoms with Gasteiger partial charge < -0.3 is 24.9 Å². The zero-order valence-corrected chi connectivity index (χ0v) is 16.4. The van der Waals surface area contributed by atoms with Gasteiger partial charge in [0.2, 0.25) is 0 Å². The van der Waals surface area contributed by atoms with E-state index in [1.54, 1.807) is 19.9 Å². The molecule has 2 aromatic rings. The second-order valence-electron chi connectivity index (χ2n) is 5.52. The maximum Gasteiger partial charge on any atom is 0.344 e. The highest BCUT2D eigenvalue weighted by Gasteiger charge is 2.22. The number of benzene rings is 1. The first-order chi connectivity index (χ1) is 13.9. The maximum atomic E-state index is 12.1. The quantitative estimate of drug-likeness (QED) is 0.652. The second kappa shape index (κ2) is 9.49. The minimum absolute atomic E-state index is 0.0147. The van der Waals surface area contributed by atoms with Crippen molar-refractivity contribution in [1.82, 2.24) is 4.98 Å². The highest BCUT2D eigenvalue weighted by atomic mass is 35.5. The lowest BCUT2D eigenvalue weighted by molar-refractivity contribution is -0.145. The number of ether oxygens (including phenoxy) is 3. The Labute approximate surface area is 171 Å². The number of carbonyl (C=O) groups excluding carboxylic acids is 1. The molecule has 2 rings (SSSR count). The number of nitrogens with zero attached hydrogens (tertiary/aromatic N) is 2. The Morgan fingerprint density at radius 1 is 1.14 bits per heavy atom. The second-order valence-corrected chi connectivity index (χ2v) is 5.93. The first-order valence-electron chi connectivity index (χ1n) is 8.48. The Balaban J connectivity index is 2.66. The van der Waals surface area contributed by atoms with Crippen LogP contribution in [0.5, 0.6) is 11.5 Å². The molecule has 0 spiro atoms. The summed E-state index contributed by atoms with van der Waals surface area (Å²) in [5, 5.41) is 18.9. The molecule has 0 aliphatic heterocycles. The molecule has 0 atom stereocenters. The largest absolute Gasteiger partial charge is 0.490 e. The monoisotopic (exact) mass is 416 g/mol. The summed E-state index contributed by atoms with van der Waals surface area (Å²) >= 11 is 6.35. The summed E-state index contributed by atoms with van der Waals surface area (Å²) in [7, 11) is 0. The lowest BCUT2D eigenvalue weighted by Gasteiger charge is -2.16. The molecule has 10 heteroatoms. The standard InChI is InChI=1S/C19H17ClN4O5/c1-3-27-14-5-10(13(20)6-15(14)29-9-16(25)28-4-2)17-11(7-21)18(23)24-19(26)12(17)8-22/h5-6H,3-4,9H2,1-2H3,(H3,23,24,26). The fraction of sp³-hybridized carbons (Fsp3) is 0.263. The number of esters is 1. The fourth-order valence-corrected chi connectivity index (χ4v) is 2.81. The van der Waals surface area contributed by atoms with E-state index in [0.717, 1.165) is 0 Å². The number of hydrogen-bond acceptors (Lipinski definition) is 8. The Hall–Kier alpha value is -3.69. The van der Waals surface area contributed by atoms with Gasteiger partial charge in [0.15, 0.2) is 18.1 Å². The molecule has 0 fully saturated rings. The van der Waals surface area contributed by atoms with E-state index in [1.807, 2.05) is 6.07 Å². The van der Waals surface area contributed by atoms with Crippen molar-refractivity contribution in [2.24, 2.45) is 0 Å². The van der Waals surface area contributed by atoms with E-state index >= 15 is 0 Å². The Morgan fingerprint density at radius 2 is 1.79 bits per heavy atom. The zero-order chi connectivity index (χ0) is 21.6. The highest BCUT2D eigenvalue weighted by molar-refractivity contribution is 6.33. The topological polar surface area (TPSA) is 151 Å². The number of hydrogen-bond donors (Lipinski definition) is 2. The number of nitrogen functional groups attached to an aromatic ring is 1. The molecule has 0 radical (unpaired) electrons. The van der Waals surface area contributed by atoms with Crippen LogP contribution in [0.25, 0.3) is 11.1 Å². The molecule has 3 N–H and O–H groups in total. The van der Waals surface area contributed by atoms with Gasteiger partial charge in [-0.1, -0.05) is 11.6 Å². The van der Waals surface area contributed by atoms with Crippen LogP contribution in [0.4, 0.5) is 5.82 Å². The van der Waals surface area contributed by atoms with Gasteiger partial charge in [-0.2, -0.15) is 10.5 Å². The summed E-state index contributed by atoms with van der Waals surface area (Å²) in [6.45, 7) is 3.50. The molecule has 0 aliphatic rings. The van der Waals surface area contributed by atoms with Crippen LogP contribution in [0.15, 0.2) is 16.9 Å². The summed E-state index contributed by atoms with van der Waals surface area (Å²) in [5.41, 5.74) is 4.73. The Kier molecular flexibility index (Phi) is 7.07. The molecule has 1 aromatic carbocycles. The van der Waals surface area contributed by atoms with Crippen molar-refractivity contribution < 1.29 is 19.0 Å². The van der Waals surface area contributed by atoms with Crippen LogP contribution in [0.1, 0.15) is 25.0 Å². The van der Waals surface area contributed by atoms with Crippen molar-refractivity contribution in [3.8, 4) is 34.8 Å². The summed E-state index contributed by atoms with van der Waals surface area (Å²) in [5.74, 6) is -0.412. The molecule has 29 heavy (non-hydrogen) atoms. The van der Waals surface area contributed by atoms with Crippen LogP contribution in [0, 0.1) is 22.7 Å². The van der Waals surface area contributed by atoms with Crippen LogP contribution in [0.3, 0.4) is 0 Å². The molecular formula is C19H17ClN4O5. The van der Waals surface area contributed by atoms with Gasteiger partial charge in [0.25, 0.3) is 5.56 Å². The number of pyridine rings is 1. The van der Waals surface area contributed by atoms with Crippen molar-refractivity contribution in [1.29, 1.82) is 10.5 Å². The number of nitriles is 2. The number of H-pyrrole nitrogens is 1. The third-order valence-corrected chi connectivity index (χ3v) is 4.03. The van der Waals surface area contributed by atoms with E-state index in [4.69, 9.17) is 31.5 Å². The van der Waals surface area contributed by atoms with E-state index in [9.17, 15) is 20.1 Å². The van der Waals surface area contributed by atoms with Crippen molar-refractivity contribution in [2.75, 3.05) is 25.6 Å². The lowest BCUT2D eigenvalue weighted by Crippen LogP contribution is -2.17. The number of nitrogens with one attached hydrogen (secondary N) is 1. The van der Waals surface area contributed by atoms with Gasteiger partial charge in [-0.15, -0.1) is 0 Å². The summed E-state index contributed by atoms with van der Waals surface area (Å²) < 4.78 is 15.8. The van der Waals surface area contributed by atoms with Crippen molar-refractivity contribution in [3.63, 3.8) is 0 Å². The normalized spacial score (nSPS) is 9.97.